The van der Waals surface area contributed by atoms with Gasteiger partial charge >= 0.3 is 0 Å². The molecule has 0 aromatic carbocycles. The molecule has 0 atom stereocenters. The summed E-state index contributed by atoms with van der Waals surface area (Å²) in [5.41, 5.74) is 3.33. The monoisotopic (exact) mass is 278 g/mol. The molecule has 2 nitrogen and oxygen atoms in total. The SMILES string of the molecule is CCCCCCN=CCCN(C)C(CCC)=C1CCC1. The van der Waals surface area contributed by atoms with E-state index in [4.69, 9.17) is 0 Å². The van der Waals surface area contributed by atoms with Gasteiger partial charge in [0.05, 0.1) is 0 Å². The van der Waals surface area contributed by atoms with Gasteiger partial charge in [0, 0.05) is 32.0 Å². The maximum atomic E-state index is 4.53. The first-order valence-electron chi connectivity index (χ1n) is 8.69. The molecule has 1 aliphatic rings. The highest BCUT2D eigenvalue weighted by Gasteiger charge is 2.16. The summed E-state index contributed by atoms with van der Waals surface area (Å²) in [7, 11) is 2.26. The van der Waals surface area contributed by atoms with E-state index in [1.807, 2.05) is 0 Å². The molecule has 0 aromatic rings. The molecule has 0 aromatic heterocycles. The van der Waals surface area contributed by atoms with Crippen molar-refractivity contribution < 1.29 is 0 Å². The van der Waals surface area contributed by atoms with Gasteiger partial charge in [-0.2, -0.15) is 0 Å². The molecule has 0 N–H and O–H groups in total. The molecule has 0 unspecified atom stereocenters. The van der Waals surface area contributed by atoms with Crippen LogP contribution in [0.25, 0.3) is 0 Å². The summed E-state index contributed by atoms with van der Waals surface area (Å²) in [6.45, 7) is 6.68. The van der Waals surface area contributed by atoms with Gasteiger partial charge in [0.15, 0.2) is 0 Å². The van der Waals surface area contributed by atoms with Crippen molar-refractivity contribution in [3.05, 3.63) is 11.3 Å². The molecule has 0 spiro atoms. The quantitative estimate of drug-likeness (QED) is 0.375. The van der Waals surface area contributed by atoms with Crippen molar-refractivity contribution in [2.45, 2.75) is 78.1 Å². The summed E-state index contributed by atoms with van der Waals surface area (Å²) >= 11 is 0. The Morgan fingerprint density at radius 3 is 2.55 bits per heavy atom. The summed E-state index contributed by atoms with van der Waals surface area (Å²) in [6.07, 6.45) is 15.1. The highest BCUT2D eigenvalue weighted by Crippen LogP contribution is 2.31. The number of allylic oxidation sites excluding steroid dienone is 2. The predicted octanol–water partition coefficient (Wildman–Crippen LogP) is 5.20. The minimum atomic E-state index is 1.02. The van der Waals surface area contributed by atoms with Crippen LogP contribution in [-0.2, 0) is 0 Å². The Balaban J connectivity index is 2.18. The van der Waals surface area contributed by atoms with Gasteiger partial charge < -0.3 is 4.90 Å². The first kappa shape index (κ1) is 17.3. The number of nitrogens with zero attached hydrogens (tertiary/aromatic N) is 2. The van der Waals surface area contributed by atoms with Crippen molar-refractivity contribution >= 4 is 6.21 Å². The maximum absolute atomic E-state index is 4.53. The van der Waals surface area contributed by atoms with Gasteiger partial charge in [0.2, 0.25) is 0 Å². The smallest absolute Gasteiger partial charge is 0.0385 e. The fourth-order valence-corrected chi connectivity index (χ4v) is 2.72. The molecule has 0 heterocycles. The lowest BCUT2D eigenvalue weighted by molar-refractivity contribution is 0.393. The highest BCUT2D eigenvalue weighted by atomic mass is 15.1. The standard InChI is InChI=1S/C18H34N2/c1-4-6-7-8-14-19-15-10-16-20(3)18(11-5-2)17-12-9-13-17/h15H,4-14,16H2,1-3H3. The molecule has 0 amide bonds. The predicted molar refractivity (Wildman–Crippen MR) is 90.5 cm³/mol. The van der Waals surface area contributed by atoms with Crippen LogP contribution in [0.5, 0.6) is 0 Å². The summed E-state index contributed by atoms with van der Waals surface area (Å²) in [5, 5.41) is 0. The molecule has 1 fully saturated rings. The summed E-state index contributed by atoms with van der Waals surface area (Å²) in [4.78, 5) is 7.01. The largest absolute Gasteiger partial charge is 0.378 e. The van der Waals surface area contributed by atoms with Crippen LogP contribution in [0.3, 0.4) is 0 Å². The average molecular weight is 278 g/mol. The van der Waals surface area contributed by atoms with E-state index in [-0.39, 0.29) is 0 Å². The molecule has 0 saturated heterocycles. The van der Waals surface area contributed by atoms with Crippen LogP contribution in [0.1, 0.15) is 78.1 Å². The van der Waals surface area contributed by atoms with Crippen molar-refractivity contribution in [1.29, 1.82) is 0 Å². The second-order valence-electron chi connectivity index (χ2n) is 6.01. The number of aliphatic imine (C=N–C) groups is 1. The zero-order chi connectivity index (χ0) is 14.6. The lowest BCUT2D eigenvalue weighted by Gasteiger charge is -2.29. The average Bonchev–Trinajstić information content (AvgIpc) is 2.39. The van der Waals surface area contributed by atoms with E-state index in [2.05, 4.69) is 37.0 Å². The summed E-state index contributed by atoms with van der Waals surface area (Å²) in [6, 6.07) is 0. The summed E-state index contributed by atoms with van der Waals surface area (Å²) < 4.78 is 0. The van der Waals surface area contributed by atoms with Crippen LogP contribution in [-0.4, -0.2) is 31.3 Å². The molecule has 1 saturated carbocycles. The molecular formula is C18H34N2. The molecule has 0 radical (unpaired) electrons. The highest BCUT2D eigenvalue weighted by molar-refractivity contribution is 5.57. The molecule has 0 aliphatic heterocycles. The fraction of sp³-hybridized carbons (Fsp3) is 0.833. The molecule has 1 rings (SSSR count). The van der Waals surface area contributed by atoms with Crippen molar-refractivity contribution in [2.24, 2.45) is 4.99 Å². The van der Waals surface area contributed by atoms with Gasteiger partial charge in [0.1, 0.15) is 0 Å². The second-order valence-corrected chi connectivity index (χ2v) is 6.01. The van der Waals surface area contributed by atoms with Crippen LogP contribution in [0.4, 0.5) is 0 Å². The Bertz CT molecular complexity index is 299. The first-order valence-corrected chi connectivity index (χ1v) is 8.69. The van der Waals surface area contributed by atoms with Crippen LogP contribution in [0.15, 0.2) is 16.3 Å². The molecule has 1 aliphatic carbocycles. The van der Waals surface area contributed by atoms with Crippen molar-refractivity contribution in [2.75, 3.05) is 20.1 Å². The number of rotatable bonds is 11. The second kappa shape index (κ2) is 10.9. The Morgan fingerprint density at radius 1 is 1.15 bits per heavy atom. The molecule has 2 heteroatoms. The normalized spacial score (nSPS) is 14.7. The van der Waals surface area contributed by atoms with Crippen LogP contribution in [0.2, 0.25) is 0 Å². The third kappa shape index (κ3) is 6.58. The lowest BCUT2D eigenvalue weighted by Crippen LogP contribution is -2.22. The molecule has 20 heavy (non-hydrogen) atoms. The Kier molecular flexibility index (Phi) is 9.44. The van der Waals surface area contributed by atoms with Gasteiger partial charge in [-0.3, -0.25) is 4.99 Å². The molecule has 116 valence electrons. The topological polar surface area (TPSA) is 15.6 Å². The van der Waals surface area contributed by atoms with Gasteiger partial charge in [-0.15, -0.1) is 0 Å². The van der Waals surface area contributed by atoms with Crippen molar-refractivity contribution in [1.82, 2.24) is 4.90 Å². The maximum Gasteiger partial charge on any atom is 0.0385 e. The molecule has 0 bridgehead atoms. The van der Waals surface area contributed by atoms with Crippen molar-refractivity contribution in [3.8, 4) is 0 Å². The Morgan fingerprint density at radius 2 is 1.95 bits per heavy atom. The number of hydrogen-bond donors (Lipinski definition) is 0. The zero-order valence-electron chi connectivity index (χ0n) is 14.0. The van der Waals surface area contributed by atoms with E-state index in [0.717, 1.165) is 19.5 Å². The third-order valence-corrected chi connectivity index (χ3v) is 4.18. The van der Waals surface area contributed by atoms with Crippen LogP contribution in [0, 0.1) is 0 Å². The van der Waals surface area contributed by atoms with Gasteiger partial charge in [-0.1, -0.05) is 45.1 Å². The van der Waals surface area contributed by atoms with Gasteiger partial charge in [0.25, 0.3) is 0 Å². The van der Waals surface area contributed by atoms with Crippen molar-refractivity contribution in [3.63, 3.8) is 0 Å². The van der Waals surface area contributed by atoms with Crippen LogP contribution >= 0.6 is 0 Å². The lowest BCUT2D eigenvalue weighted by atomic mass is 9.89. The number of hydrogen-bond acceptors (Lipinski definition) is 2. The summed E-state index contributed by atoms with van der Waals surface area (Å²) in [5.74, 6) is 0. The van der Waals surface area contributed by atoms with Gasteiger partial charge in [-0.05, 0) is 38.5 Å². The van der Waals surface area contributed by atoms with E-state index in [1.54, 1.807) is 11.3 Å². The molecular weight excluding hydrogens is 244 g/mol. The van der Waals surface area contributed by atoms with E-state index < -0.39 is 0 Å². The minimum absolute atomic E-state index is 1.02. The van der Waals surface area contributed by atoms with Gasteiger partial charge in [-0.25, -0.2) is 0 Å². The third-order valence-electron chi connectivity index (χ3n) is 4.18. The Labute approximate surface area is 126 Å². The zero-order valence-corrected chi connectivity index (χ0v) is 14.0. The van der Waals surface area contributed by atoms with E-state index in [0.29, 0.717) is 0 Å². The number of unbranched alkanes of at least 4 members (excludes halogenated alkanes) is 3. The van der Waals surface area contributed by atoms with E-state index >= 15 is 0 Å². The Hall–Kier alpha value is -0.790. The van der Waals surface area contributed by atoms with E-state index in [9.17, 15) is 0 Å². The minimum Gasteiger partial charge on any atom is -0.378 e. The van der Waals surface area contributed by atoms with E-state index in [1.165, 1.54) is 57.8 Å². The van der Waals surface area contributed by atoms with Crippen LogP contribution < -0.4 is 0 Å². The fourth-order valence-electron chi connectivity index (χ4n) is 2.72. The first-order chi connectivity index (χ1) is 9.79.